The minimum Gasteiger partial charge on any atom is -0.449 e. The minimum atomic E-state index is -0.446. The van der Waals surface area contributed by atoms with Crippen LogP contribution >= 0.6 is 15.9 Å². The van der Waals surface area contributed by atoms with E-state index in [0.717, 1.165) is 5.33 Å². The van der Waals surface area contributed by atoms with Gasteiger partial charge in [0.1, 0.15) is 6.61 Å². The van der Waals surface area contributed by atoms with E-state index < -0.39 is 6.09 Å². The fraction of sp³-hybridized carbons (Fsp3) is 0.581. The third-order valence-electron chi connectivity index (χ3n) is 6.31. The Morgan fingerprint density at radius 1 is 0.571 bits per heavy atom. The topological polar surface area (TPSA) is 103 Å². The normalized spacial score (nSPS) is 12.3. The Morgan fingerprint density at radius 3 is 1.38 bits per heavy atom. The van der Waals surface area contributed by atoms with Gasteiger partial charge in [0, 0.05) is 17.8 Å². The van der Waals surface area contributed by atoms with Crippen LogP contribution in [0.5, 0.6) is 0 Å². The molecule has 10 nitrogen and oxygen atoms in total. The third kappa shape index (κ3) is 13.5. The lowest BCUT2D eigenvalue weighted by Gasteiger charge is -2.14. The average molecular weight is 655 g/mol. The zero-order valence-electron chi connectivity index (χ0n) is 24.3. The Morgan fingerprint density at radius 2 is 0.952 bits per heavy atom. The van der Waals surface area contributed by atoms with Gasteiger partial charge in [0.25, 0.3) is 0 Å². The molecule has 0 bridgehead atoms. The molecule has 3 rings (SSSR count). The van der Waals surface area contributed by atoms with E-state index in [2.05, 4.69) is 45.5 Å². The van der Waals surface area contributed by atoms with Gasteiger partial charge in [-0.2, -0.15) is 0 Å². The van der Waals surface area contributed by atoms with Crippen molar-refractivity contribution >= 4 is 22.0 Å². The second kappa shape index (κ2) is 22.4. The lowest BCUT2D eigenvalue weighted by atomic mass is 9.98. The molecule has 1 amide bonds. The SMILES string of the molecule is O=C(NCCOCCOCCOCCOCCOCCOCCOCCBr)OCC1c2ccccc2-c2ccccc21. The number of amides is 1. The molecule has 2 aromatic rings. The molecular weight excluding hydrogens is 610 g/mol. The van der Waals surface area contributed by atoms with Crippen molar-refractivity contribution in [1.82, 2.24) is 5.32 Å². The largest absolute Gasteiger partial charge is 0.449 e. The summed E-state index contributed by atoms with van der Waals surface area (Å²) in [6.45, 7) is 7.88. The molecule has 0 saturated heterocycles. The first-order valence-electron chi connectivity index (χ1n) is 14.5. The monoisotopic (exact) mass is 653 g/mol. The molecule has 1 N–H and O–H groups in total. The maximum atomic E-state index is 12.2. The minimum absolute atomic E-state index is 0.0452. The van der Waals surface area contributed by atoms with Crippen LogP contribution in [0.4, 0.5) is 4.79 Å². The highest BCUT2D eigenvalue weighted by Crippen LogP contribution is 2.44. The van der Waals surface area contributed by atoms with Crippen LogP contribution in [0, 0.1) is 0 Å². The highest BCUT2D eigenvalue weighted by molar-refractivity contribution is 9.09. The van der Waals surface area contributed by atoms with E-state index in [-0.39, 0.29) is 5.92 Å². The number of hydrogen-bond acceptors (Lipinski definition) is 9. The van der Waals surface area contributed by atoms with Gasteiger partial charge in [-0.25, -0.2) is 4.79 Å². The summed E-state index contributed by atoms with van der Waals surface area (Å²) in [5.41, 5.74) is 4.79. The predicted molar refractivity (Wildman–Crippen MR) is 163 cm³/mol. The first-order valence-corrected chi connectivity index (χ1v) is 15.6. The second-order valence-corrected chi connectivity index (χ2v) is 10.0. The summed E-state index contributed by atoms with van der Waals surface area (Å²) >= 11 is 3.30. The van der Waals surface area contributed by atoms with Crippen LogP contribution in [-0.4, -0.2) is 117 Å². The van der Waals surface area contributed by atoms with E-state index >= 15 is 0 Å². The molecule has 0 fully saturated rings. The van der Waals surface area contributed by atoms with Crippen molar-refractivity contribution in [2.24, 2.45) is 0 Å². The van der Waals surface area contributed by atoms with Gasteiger partial charge in [-0.1, -0.05) is 64.5 Å². The van der Waals surface area contributed by atoms with Gasteiger partial charge >= 0.3 is 6.09 Å². The van der Waals surface area contributed by atoms with Crippen molar-refractivity contribution in [3.8, 4) is 11.1 Å². The number of alkyl halides is 1. The molecule has 0 aliphatic heterocycles. The molecular formula is C31H44BrNO9. The van der Waals surface area contributed by atoms with Crippen molar-refractivity contribution in [1.29, 1.82) is 0 Å². The van der Waals surface area contributed by atoms with Crippen molar-refractivity contribution in [3.63, 3.8) is 0 Å². The molecule has 0 atom stereocenters. The van der Waals surface area contributed by atoms with Gasteiger partial charge in [-0.3, -0.25) is 0 Å². The molecule has 0 spiro atoms. The van der Waals surface area contributed by atoms with Gasteiger partial charge in [-0.15, -0.1) is 0 Å². The van der Waals surface area contributed by atoms with E-state index in [4.69, 9.17) is 37.9 Å². The molecule has 0 radical (unpaired) electrons. The number of alkyl carbamates (subject to hydrolysis) is 1. The lowest BCUT2D eigenvalue weighted by Crippen LogP contribution is -2.29. The summed E-state index contributed by atoms with van der Waals surface area (Å²) in [5, 5.41) is 3.57. The Kier molecular flexibility index (Phi) is 18.4. The summed E-state index contributed by atoms with van der Waals surface area (Å²) in [6, 6.07) is 16.5. The fourth-order valence-corrected chi connectivity index (χ4v) is 4.58. The van der Waals surface area contributed by atoms with Crippen LogP contribution < -0.4 is 5.32 Å². The molecule has 1 aliphatic rings. The number of nitrogens with one attached hydrogen (secondary N) is 1. The van der Waals surface area contributed by atoms with E-state index in [1.165, 1.54) is 22.3 Å². The molecule has 0 unspecified atom stereocenters. The van der Waals surface area contributed by atoms with E-state index in [1.807, 2.05) is 24.3 Å². The standard InChI is InChI=1S/C31H44BrNO9/c32-9-11-35-13-15-37-17-19-39-21-23-41-24-22-40-20-18-38-16-14-36-12-10-33-31(34)42-25-30-28-7-3-1-5-26(28)27-6-2-4-8-29(27)30/h1-8,30H,9-25H2,(H,33,34). The maximum absolute atomic E-state index is 12.2. The molecule has 0 heterocycles. The lowest BCUT2D eigenvalue weighted by molar-refractivity contribution is -0.0199. The number of carbonyl (C=O) groups is 1. The first kappa shape index (κ1) is 34.4. The van der Waals surface area contributed by atoms with Crippen LogP contribution in [0.2, 0.25) is 0 Å². The van der Waals surface area contributed by atoms with Gasteiger partial charge in [-0.05, 0) is 22.3 Å². The zero-order chi connectivity index (χ0) is 29.5. The number of carbonyl (C=O) groups excluding carboxylic acids is 1. The number of ether oxygens (including phenoxy) is 8. The van der Waals surface area contributed by atoms with Crippen LogP contribution in [0.3, 0.4) is 0 Å². The number of rotatable bonds is 25. The van der Waals surface area contributed by atoms with Crippen molar-refractivity contribution in [2.45, 2.75) is 5.92 Å². The van der Waals surface area contributed by atoms with Crippen molar-refractivity contribution in [3.05, 3.63) is 59.7 Å². The third-order valence-corrected chi connectivity index (χ3v) is 6.64. The summed E-state index contributed by atoms with van der Waals surface area (Å²) in [6.07, 6.45) is -0.446. The summed E-state index contributed by atoms with van der Waals surface area (Å²) in [4.78, 5) is 12.2. The second-order valence-electron chi connectivity index (χ2n) is 9.23. The fourth-order valence-electron chi connectivity index (χ4n) is 4.35. The number of halogens is 1. The smallest absolute Gasteiger partial charge is 0.407 e. The number of benzene rings is 2. The molecule has 0 aromatic heterocycles. The quantitative estimate of drug-likeness (QED) is 0.126. The van der Waals surface area contributed by atoms with Crippen LogP contribution in [0.15, 0.2) is 48.5 Å². The van der Waals surface area contributed by atoms with Crippen LogP contribution in [0.1, 0.15) is 17.0 Å². The van der Waals surface area contributed by atoms with Crippen molar-refractivity contribution in [2.75, 3.05) is 111 Å². The van der Waals surface area contributed by atoms with Gasteiger partial charge in [0.15, 0.2) is 0 Å². The average Bonchev–Trinajstić information content (AvgIpc) is 3.34. The van der Waals surface area contributed by atoms with E-state index in [0.29, 0.717) is 106 Å². The van der Waals surface area contributed by atoms with E-state index in [1.54, 1.807) is 0 Å². The summed E-state index contributed by atoms with van der Waals surface area (Å²) < 4.78 is 43.6. The Bertz CT molecular complexity index is 951. The molecule has 2 aromatic carbocycles. The van der Waals surface area contributed by atoms with Gasteiger partial charge in [0.05, 0.1) is 92.5 Å². The van der Waals surface area contributed by atoms with Crippen LogP contribution in [-0.2, 0) is 37.9 Å². The Hall–Kier alpha value is -2.09. The molecule has 11 heteroatoms. The maximum Gasteiger partial charge on any atom is 0.407 e. The van der Waals surface area contributed by atoms with E-state index in [9.17, 15) is 4.79 Å². The predicted octanol–water partition coefficient (Wildman–Crippen LogP) is 4.04. The summed E-state index contributed by atoms with van der Waals surface area (Å²) in [5.74, 6) is 0.0452. The summed E-state index contributed by atoms with van der Waals surface area (Å²) in [7, 11) is 0. The zero-order valence-corrected chi connectivity index (χ0v) is 25.9. The van der Waals surface area contributed by atoms with Gasteiger partial charge in [0.2, 0.25) is 0 Å². The Balaban J connectivity index is 1.05. The highest BCUT2D eigenvalue weighted by atomic mass is 79.9. The number of fused-ring (bicyclic) bond motifs is 3. The highest BCUT2D eigenvalue weighted by Gasteiger charge is 2.28. The molecule has 42 heavy (non-hydrogen) atoms. The van der Waals surface area contributed by atoms with Crippen LogP contribution in [0.25, 0.3) is 11.1 Å². The van der Waals surface area contributed by atoms with Crippen molar-refractivity contribution < 1.29 is 42.7 Å². The Labute approximate surface area is 257 Å². The van der Waals surface area contributed by atoms with Gasteiger partial charge < -0.3 is 43.2 Å². The molecule has 234 valence electrons. The molecule has 1 aliphatic carbocycles. The molecule has 0 saturated carbocycles. The number of hydrogen-bond donors (Lipinski definition) is 1. The first-order chi connectivity index (χ1) is 20.8.